The number of benzene rings is 2. The molecule has 1 fully saturated rings. The number of sulfonamides is 1. The molecule has 29 heavy (non-hydrogen) atoms. The number of nitrogens with one attached hydrogen (secondary N) is 1. The number of nitrogens with zero attached hydrogens (tertiary/aromatic N) is 1. The van der Waals surface area contributed by atoms with Crippen molar-refractivity contribution in [3.8, 4) is 0 Å². The summed E-state index contributed by atoms with van der Waals surface area (Å²) in [7, 11) is -3.53. The molecular weight excluding hydrogens is 398 g/mol. The molecule has 0 saturated carbocycles. The summed E-state index contributed by atoms with van der Waals surface area (Å²) in [6.45, 7) is 1.07. The molecule has 2 aromatic rings. The van der Waals surface area contributed by atoms with Crippen LogP contribution in [0.2, 0.25) is 0 Å². The van der Waals surface area contributed by atoms with Crippen LogP contribution in [-0.4, -0.2) is 31.7 Å². The van der Waals surface area contributed by atoms with Crippen LogP contribution in [0.25, 0.3) is 0 Å². The molecule has 1 amide bonds. The third-order valence-corrected chi connectivity index (χ3v) is 6.88. The van der Waals surface area contributed by atoms with E-state index in [-0.39, 0.29) is 23.6 Å². The molecule has 0 unspecified atom stereocenters. The minimum Gasteiger partial charge on any atom is -0.326 e. The molecule has 1 N–H and O–H groups in total. The van der Waals surface area contributed by atoms with Gasteiger partial charge < -0.3 is 5.32 Å². The lowest BCUT2D eigenvalue weighted by Crippen LogP contribution is -2.31. The van der Waals surface area contributed by atoms with Gasteiger partial charge in [0.15, 0.2) is 11.6 Å². The van der Waals surface area contributed by atoms with Crippen LogP contribution in [0.4, 0.5) is 14.5 Å². The van der Waals surface area contributed by atoms with E-state index in [1.165, 1.54) is 22.5 Å². The number of halogens is 2. The van der Waals surface area contributed by atoms with E-state index in [0.717, 1.165) is 37.8 Å². The molecule has 8 heteroatoms. The number of carbonyl (C=O) groups excluding carboxylic acids is 1. The zero-order valence-electron chi connectivity index (χ0n) is 16.0. The quantitative estimate of drug-likeness (QED) is 0.762. The molecule has 1 saturated heterocycles. The maximum absolute atomic E-state index is 13.2. The highest BCUT2D eigenvalue weighted by Crippen LogP contribution is 2.22. The fraction of sp³-hybridized carbons (Fsp3) is 0.381. The molecule has 0 radical (unpaired) electrons. The normalized spacial score (nSPS) is 15.7. The first-order valence-electron chi connectivity index (χ1n) is 9.70. The van der Waals surface area contributed by atoms with Crippen molar-refractivity contribution in [3.05, 3.63) is 59.7 Å². The molecule has 1 aliphatic rings. The van der Waals surface area contributed by atoms with Gasteiger partial charge in [0.05, 0.1) is 4.90 Å². The van der Waals surface area contributed by atoms with Crippen LogP contribution in [0.1, 0.15) is 37.7 Å². The van der Waals surface area contributed by atoms with Crippen LogP contribution in [0.15, 0.2) is 47.4 Å². The summed E-state index contributed by atoms with van der Waals surface area (Å²) in [6, 6.07) is 9.64. The Morgan fingerprint density at radius 1 is 0.931 bits per heavy atom. The highest BCUT2D eigenvalue weighted by Gasteiger charge is 2.24. The number of hydrogen-bond acceptors (Lipinski definition) is 3. The zero-order valence-corrected chi connectivity index (χ0v) is 16.9. The second-order valence-electron chi connectivity index (χ2n) is 7.14. The van der Waals surface area contributed by atoms with Gasteiger partial charge in [0.25, 0.3) is 0 Å². The van der Waals surface area contributed by atoms with Gasteiger partial charge in [-0.2, -0.15) is 4.31 Å². The number of anilines is 1. The predicted molar refractivity (Wildman–Crippen MR) is 107 cm³/mol. The zero-order chi connectivity index (χ0) is 20.9. The average Bonchev–Trinajstić information content (AvgIpc) is 2.99. The maximum atomic E-state index is 13.2. The minimum atomic E-state index is -3.53. The van der Waals surface area contributed by atoms with Crippen molar-refractivity contribution in [3.63, 3.8) is 0 Å². The van der Waals surface area contributed by atoms with Crippen LogP contribution in [-0.2, 0) is 21.2 Å². The lowest BCUT2D eigenvalue weighted by molar-refractivity contribution is -0.116. The number of rotatable bonds is 6. The van der Waals surface area contributed by atoms with Gasteiger partial charge >= 0.3 is 0 Å². The second kappa shape index (κ2) is 9.45. The summed E-state index contributed by atoms with van der Waals surface area (Å²) in [4.78, 5) is 12.3. The van der Waals surface area contributed by atoms with Gasteiger partial charge in [-0.3, -0.25) is 4.79 Å². The Balaban J connectivity index is 1.58. The van der Waals surface area contributed by atoms with Gasteiger partial charge in [-0.15, -0.1) is 0 Å². The van der Waals surface area contributed by atoms with Gasteiger partial charge in [0, 0.05) is 25.2 Å². The number of amides is 1. The largest absolute Gasteiger partial charge is 0.326 e. The number of hydrogen-bond donors (Lipinski definition) is 1. The van der Waals surface area contributed by atoms with Crippen molar-refractivity contribution >= 4 is 21.6 Å². The summed E-state index contributed by atoms with van der Waals surface area (Å²) >= 11 is 0. The maximum Gasteiger partial charge on any atom is 0.243 e. The molecule has 0 bridgehead atoms. The van der Waals surface area contributed by atoms with Gasteiger partial charge in [-0.25, -0.2) is 17.2 Å². The molecule has 3 rings (SSSR count). The fourth-order valence-electron chi connectivity index (χ4n) is 3.32. The topological polar surface area (TPSA) is 66.5 Å². The molecule has 1 aliphatic heterocycles. The van der Waals surface area contributed by atoms with Gasteiger partial charge in [0.1, 0.15) is 0 Å². The van der Waals surface area contributed by atoms with Crippen molar-refractivity contribution in [2.24, 2.45) is 0 Å². The fourth-order valence-corrected chi connectivity index (χ4v) is 4.83. The Bertz CT molecular complexity index is 954. The van der Waals surface area contributed by atoms with Crippen molar-refractivity contribution in [2.75, 3.05) is 18.4 Å². The van der Waals surface area contributed by atoms with Crippen LogP contribution >= 0.6 is 0 Å². The standard InChI is InChI=1S/C21H24F2N2O3S/c22-19-11-5-16(15-20(19)23)6-12-21(26)24-17-7-9-18(10-8-17)29(27,28)25-13-3-1-2-4-14-25/h5,7-11,15H,1-4,6,12-14H2,(H,24,26). The number of carbonyl (C=O) groups is 1. The summed E-state index contributed by atoms with van der Waals surface area (Å²) in [5, 5.41) is 2.69. The van der Waals surface area contributed by atoms with Crippen molar-refractivity contribution in [1.82, 2.24) is 4.31 Å². The van der Waals surface area contributed by atoms with Gasteiger partial charge in [-0.1, -0.05) is 18.9 Å². The van der Waals surface area contributed by atoms with Crippen molar-refractivity contribution in [2.45, 2.75) is 43.4 Å². The summed E-state index contributed by atoms with van der Waals surface area (Å²) in [6.07, 6.45) is 4.18. The van der Waals surface area contributed by atoms with E-state index in [1.807, 2.05) is 0 Å². The third-order valence-electron chi connectivity index (χ3n) is 4.97. The molecule has 0 aromatic heterocycles. The highest BCUT2D eigenvalue weighted by molar-refractivity contribution is 7.89. The van der Waals surface area contributed by atoms with Gasteiger partial charge in [0.2, 0.25) is 15.9 Å². The Morgan fingerprint density at radius 2 is 1.59 bits per heavy atom. The second-order valence-corrected chi connectivity index (χ2v) is 9.08. The summed E-state index contributed by atoms with van der Waals surface area (Å²) in [5.74, 6) is -2.16. The van der Waals surface area contributed by atoms with E-state index in [9.17, 15) is 22.0 Å². The molecule has 0 spiro atoms. The first kappa shape index (κ1) is 21.4. The van der Waals surface area contributed by atoms with Crippen molar-refractivity contribution < 1.29 is 22.0 Å². The van der Waals surface area contributed by atoms with E-state index in [0.29, 0.717) is 24.3 Å². The van der Waals surface area contributed by atoms with E-state index in [1.54, 1.807) is 12.1 Å². The van der Waals surface area contributed by atoms with E-state index >= 15 is 0 Å². The smallest absolute Gasteiger partial charge is 0.243 e. The molecule has 0 aliphatic carbocycles. The van der Waals surface area contributed by atoms with E-state index in [2.05, 4.69) is 5.32 Å². The Hall–Kier alpha value is -2.32. The van der Waals surface area contributed by atoms with Crippen LogP contribution in [0, 0.1) is 11.6 Å². The Morgan fingerprint density at radius 3 is 2.21 bits per heavy atom. The minimum absolute atomic E-state index is 0.0961. The molecule has 0 atom stereocenters. The Kier molecular flexibility index (Phi) is 6.97. The molecule has 5 nitrogen and oxygen atoms in total. The van der Waals surface area contributed by atoms with Crippen LogP contribution in [0.3, 0.4) is 0 Å². The van der Waals surface area contributed by atoms with E-state index in [4.69, 9.17) is 0 Å². The lowest BCUT2D eigenvalue weighted by atomic mass is 10.1. The number of aryl methyl sites for hydroxylation is 1. The summed E-state index contributed by atoms with van der Waals surface area (Å²) in [5.41, 5.74) is 1.01. The predicted octanol–water partition coefficient (Wildman–Crippen LogP) is 4.10. The average molecular weight is 422 g/mol. The molecule has 1 heterocycles. The first-order valence-corrected chi connectivity index (χ1v) is 11.1. The third kappa shape index (κ3) is 5.61. The van der Waals surface area contributed by atoms with Crippen molar-refractivity contribution in [1.29, 1.82) is 0 Å². The SMILES string of the molecule is O=C(CCc1ccc(F)c(F)c1)Nc1ccc(S(=O)(=O)N2CCCCCC2)cc1. The molecular formula is C21H24F2N2O3S. The van der Waals surface area contributed by atoms with Crippen LogP contribution in [0.5, 0.6) is 0 Å². The first-order chi connectivity index (χ1) is 13.9. The molecule has 2 aromatic carbocycles. The molecule has 156 valence electrons. The van der Waals surface area contributed by atoms with Gasteiger partial charge in [-0.05, 0) is 61.2 Å². The van der Waals surface area contributed by atoms with E-state index < -0.39 is 21.7 Å². The Labute approximate surface area is 169 Å². The highest BCUT2D eigenvalue weighted by atomic mass is 32.2. The van der Waals surface area contributed by atoms with Crippen LogP contribution < -0.4 is 5.32 Å². The summed E-state index contributed by atoms with van der Waals surface area (Å²) < 4.78 is 53.2. The monoisotopic (exact) mass is 422 g/mol. The lowest BCUT2D eigenvalue weighted by Gasteiger charge is -2.20.